The van der Waals surface area contributed by atoms with Crippen LogP contribution in [-0.2, 0) is 5.41 Å². The molecule has 4 aromatic rings. The zero-order valence-corrected chi connectivity index (χ0v) is 18.2. The van der Waals surface area contributed by atoms with Gasteiger partial charge in [-0.15, -0.1) is 0 Å². The molecular formula is C24H28N6O. The van der Waals surface area contributed by atoms with Crippen molar-refractivity contribution in [3.63, 3.8) is 0 Å². The van der Waals surface area contributed by atoms with E-state index in [1.54, 1.807) is 12.5 Å². The SMILES string of the molecule is CCCNCC(C)(C)c1ccc(C(=O)Nc2cn3cc(-n4ccnc4)ccc3n2)cc1. The largest absolute Gasteiger partial charge is 0.316 e. The molecule has 1 aromatic carbocycles. The first-order chi connectivity index (χ1) is 15.0. The van der Waals surface area contributed by atoms with Crippen LogP contribution in [0.3, 0.4) is 0 Å². The molecule has 0 spiro atoms. The summed E-state index contributed by atoms with van der Waals surface area (Å²) in [6.45, 7) is 8.48. The number of aromatic nitrogens is 4. The molecule has 2 N–H and O–H groups in total. The third kappa shape index (κ3) is 4.67. The Bertz CT molecular complexity index is 1160. The van der Waals surface area contributed by atoms with Crippen LogP contribution in [0.2, 0.25) is 0 Å². The van der Waals surface area contributed by atoms with Gasteiger partial charge < -0.3 is 19.6 Å². The van der Waals surface area contributed by atoms with Crippen molar-refractivity contribution < 1.29 is 4.79 Å². The van der Waals surface area contributed by atoms with Gasteiger partial charge in [-0.3, -0.25) is 4.79 Å². The summed E-state index contributed by atoms with van der Waals surface area (Å²) in [6, 6.07) is 11.7. The highest BCUT2D eigenvalue weighted by Gasteiger charge is 2.20. The van der Waals surface area contributed by atoms with Gasteiger partial charge in [0.2, 0.25) is 0 Å². The molecule has 0 aliphatic carbocycles. The summed E-state index contributed by atoms with van der Waals surface area (Å²) < 4.78 is 3.80. The van der Waals surface area contributed by atoms with Crippen molar-refractivity contribution in [2.45, 2.75) is 32.6 Å². The fourth-order valence-corrected chi connectivity index (χ4v) is 3.55. The Labute approximate surface area is 182 Å². The van der Waals surface area contributed by atoms with Crippen LogP contribution in [0.5, 0.6) is 0 Å². The van der Waals surface area contributed by atoms with Crippen molar-refractivity contribution in [1.82, 2.24) is 24.3 Å². The minimum absolute atomic E-state index is 0.00127. The first-order valence-electron chi connectivity index (χ1n) is 10.6. The van der Waals surface area contributed by atoms with Crippen LogP contribution in [-0.4, -0.2) is 37.9 Å². The molecule has 0 bridgehead atoms. The quantitative estimate of drug-likeness (QED) is 0.425. The minimum atomic E-state index is -0.174. The summed E-state index contributed by atoms with van der Waals surface area (Å²) in [5, 5.41) is 6.37. The Balaban J connectivity index is 1.46. The smallest absolute Gasteiger partial charge is 0.256 e. The van der Waals surface area contributed by atoms with Gasteiger partial charge in [0.25, 0.3) is 5.91 Å². The van der Waals surface area contributed by atoms with Crippen molar-refractivity contribution in [2.75, 3.05) is 18.4 Å². The zero-order chi connectivity index (χ0) is 21.8. The van der Waals surface area contributed by atoms with Gasteiger partial charge in [-0.1, -0.05) is 32.9 Å². The average Bonchev–Trinajstić information content (AvgIpc) is 3.43. The summed E-state index contributed by atoms with van der Waals surface area (Å²) in [6.07, 6.45) is 10.2. The number of carbonyl (C=O) groups excluding carboxylic acids is 1. The number of anilines is 1. The summed E-state index contributed by atoms with van der Waals surface area (Å²) in [7, 11) is 0. The van der Waals surface area contributed by atoms with Crippen molar-refractivity contribution in [1.29, 1.82) is 0 Å². The molecule has 0 saturated carbocycles. The summed E-state index contributed by atoms with van der Waals surface area (Å²) in [5.41, 5.74) is 3.53. The van der Waals surface area contributed by atoms with E-state index in [4.69, 9.17) is 0 Å². The molecule has 0 radical (unpaired) electrons. The van der Waals surface area contributed by atoms with E-state index in [2.05, 4.69) is 41.4 Å². The number of rotatable bonds is 8. The highest BCUT2D eigenvalue weighted by atomic mass is 16.1. The lowest BCUT2D eigenvalue weighted by Crippen LogP contribution is -2.33. The molecule has 0 saturated heterocycles. The lowest BCUT2D eigenvalue weighted by Gasteiger charge is -2.26. The molecule has 1 amide bonds. The van der Waals surface area contributed by atoms with Crippen LogP contribution in [0, 0.1) is 0 Å². The third-order valence-corrected chi connectivity index (χ3v) is 5.40. The molecule has 3 aromatic heterocycles. The predicted molar refractivity (Wildman–Crippen MR) is 123 cm³/mol. The molecule has 0 aliphatic rings. The van der Waals surface area contributed by atoms with E-state index in [-0.39, 0.29) is 11.3 Å². The maximum Gasteiger partial charge on any atom is 0.256 e. The number of imidazole rings is 2. The van der Waals surface area contributed by atoms with E-state index >= 15 is 0 Å². The first kappa shape index (κ1) is 20.8. The molecule has 160 valence electrons. The number of nitrogens with zero attached hydrogens (tertiary/aromatic N) is 4. The van der Waals surface area contributed by atoms with Crippen LogP contribution in [0.15, 0.2) is 67.5 Å². The molecule has 31 heavy (non-hydrogen) atoms. The highest BCUT2D eigenvalue weighted by molar-refractivity contribution is 6.03. The predicted octanol–water partition coefficient (Wildman–Crippen LogP) is 4.05. The van der Waals surface area contributed by atoms with Crippen molar-refractivity contribution in [3.8, 4) is 5.69 Å². The summed E-state index contributed by atoms with van der Waals surface area (Å²) in [5.74, 6) is 0.340. The van der Waals surface area contributed by atoms with Gasteiger partial charge in [-0.2, -0.15) is 0 Å². The zero-order valence-electron chi connectivity index (χ0n) is 18.2. The Morgan fingerprint density at radius 1 is 1.10 bits per heavy atom. The number of pyridine rings is 1. The Kier molecular flexibility index (Phi) is 5.86. The lowest BCUT2D eigenvalue weighted by molar-refractivity contribution is 0.102. The maximum atomic E-state index is 12.7. The maximum absolute atomic E-state index is 12.7. The number of benzene rings is 1. The second-order valence-electron chi connectivity index (χ2n) is 8.34. The van der Waals surface area contributed by atoms with E-state index in [0.29, 0.717) is 11.4 Å². The van der Waals surface area contributed by atoms with E-state index < -0.39 is 0 Å². The molecule has 7 heteroatoms. The normalized spacial score (nSPS) is 11.7. The lowest BCUT2D eigenvalue weighted by atomic mass is 9.84. The Morgan fingerprint density at radius 3 is 2.61 bits per heavy atom. The van der Waals surface area contributed by atoms with Crippen LogP contribution in [0.25, 0.3) is 11.3 Å². The second kappa shape index (κ2) is 8.73. The van der Waals surface area contributed by atoms with Gasteiger partial charge in [0, 0.05) is 36.1 Å². The van der Waals surface area contributed by atoms with E-state index in [1.165, 1.54) is 5.56 Å². The number of hydrogen-bond acceptors (Lipinski definition) is 4. The van der Waals surface area contributed by atoms with E-state index in [0.717, 1.165) is 30.8 Å². The molecule has 0 fully saturated rings. The van der Waals surface area contributed by atoms with Crippen LogP contribution in [0.1, 0.15) is 43.1 Å². The fourth-order valence-electron chi connectivity index (χ4n) is 3.55. The van der Waals surface area contributed by atoms with Crippen LogP contribution in [0.4, 0.5) is 5.82 Å². The Hall–Kier alpha value is -3.45. The average molecular weight is 417 g/mol. The molecule has 7 nitrogen and oxygen atoms in total. The van der Waals surface area contributed by atoms with Gasteiger partial charge in [-0.25, -0.2) is 9.97 Å². The molecule has 4 rings (SSSR count). The monoisotopic (exact) mass is 416 g/mol. The van der Waals surface area contributed by atoms with Crippen LogP contribution >= 0.6 is 0 Å². The van der Waals surface area contributed by atoms with Crippen molar-refractivity contribution in [3.05, 3.63) is 78.6 Å². The number of fused-ring (bicyclic) bond motifs is 1. The van der Waals surface area contributed by atoms with Gasteiger partial charge in [0.05, 0.1) is 18.2 Å². The first-order valence-corrected chi connectivity index (χ1v) is 10.6. The number of amides is 1. The molecule has 0 unspecified atom stereocenters. The van der Waals surface area contributed by atoms with E-state index in [9.17, 15) is 4.79 Å². The topological polar surface area (TPSA) is 76.2 Å². The number of carbonyl (C=O) groups is 1. The highest BCUT2D eigenvalue weighted by Crippen LogP contribution is 2.23. The number of nitrogens with one attached hydrogen (secondary N) is 2. The van der Waals surface area contributed by atoms with Crippen molar-refractivity contribution >= 4 is 17.4 Å². The Morgan fingerprint density at radius 2 is 1.90 bits per heavy atom. The minimum Gasteiger partial charge on any atom is -0.316 e. The van der Waals surface area contributed by atoms with Gasteiger partial charge >= 0.3 is 0 Å². The molecular weight excluding hydrogens is 388 g/mol. The standard InChI is InChI=1S/C24H28N6O/c1-4-11-25-16-24(2,3)19-7-5-18(6-8-19)23(31)28-21-15-30-14-20(9-10-22(30)27-21)29-13-12-26-17-29/h5-10,12-15,17,25H,4,11,16H2,1-3H3,(H,28,31). The summed E-state index contributed by atoms with van der Waals surface area (Å²) in [4.78, 5) is 21.3. The van der Waals surface area contributed by atoms with Crippen LogP contribution < -0.4 is 10.6 Å². The molecule has 0 aliphatic heterocycles. The van der Waals surface area contributed by atoms with Gasteiger partial charge in [0.1, 0.15) is 5.65 Å². The third-order valence-electron chi connectivity index (χ3n) is 5.40. The van der Waals surface area contributed by atoms with Gasteiger partial charge in [0.15, 0.2) is 5.82 Å². The molecule has 3 heterocycles. The molecule has 0 atom stereocenters. The number of hydrogen-bond donors (Lipinski definition) is 2. The summed E-state index contributed by atoms with van der Waals surface area (Å²) >= 11 is 0. The van der Waals surface area contributed by atoms with E-state index in [1.807, 2.05) is 64.0 Å². The van der Waals surface area contributed by atoms with Gasteiger partial charge in [-0.05, 0) is 42.8 Å². The fraction of sp³-hybridized carbons (Fsp3) is 0.292. The van der Waals surface area contributed by atoms with Crippen molar-refractivity contribution in [2.24, 2.45) is 0 Å². The second-order valence-corrected chi connectivity index (χ2v) is 8.34.